The molecule has 0 radical (unpaired) electrons. The van der Waals surface area contributed by atoms with Crippen LogP contribution in [0.5, 0.6) is 0 Å². The van der Waals surface area contributed by atoms with Crippen molar-refractivity contribution in [2.75, 3.05) is 21.1 Å². The van der Waals surface area contributed by atoms with Crippen LogP contribution in [0, 0.1) is 0 Å². The number of carbonyl (C=O) groups is 3. The van der Waals surface area contributed by atoms with Gasteiger partial charge >= 0.3 is 0 Å². The molecular weight excluding hydrogens is 508 g/mol. The molecule has 202 valence electrons. The van der Waals surface area contributed by atoms with Crippen molar-refractivity contribution in [1.82, 2.24) is 15.1 Å². The van der Waals surface area contributed by atoms with E-state index in [2.05, 4.69) is 5.32 Å². The highest BCUT2D eigenvalue weighted by Gasteiger charge is 2.35. The summed E-state index contributed by atoms with van der Waals surface area (Å²) in [5, 5.41) is 5.79. The number of hydrogen-bond donors (Lipinski definition) is 2. The van der Waals surface area contributed by atoms with Gasteiger partial charge in [0.05, 0.1) is 0 Å². The summed E-state index contributed by atoms with van der Waals surface area (Å²) < 4.78 is 1.11. The fraction of sp³-hybridized carbons (Fsp3) is 0.258. The van der Waals surface area contributed by atoms with Crippen LogP contribution in [0.1, 0.15) is 27.0 Å². The number of nitrogens with zero attached hydrogens (tertiary/aromatic N) is 2. The van der Waals surface area contributed by atoms with Gasteiger partial charge in [-0.2, -0.15) is 0 Å². The molecule has 0 saturated heterocycles. The maximum atomic E-state index is 14.2. The monoisotopic (exact) mass is 542 g/mol. The fourth-order valence-electron chi connectivity index (χ4n) is 4.76. The molecular formula is C31H34N4O3S. The molecule has 3 N–H and O–H groups in total. The molecule has 0 aliphatic heterocycles. The Morgan fingerprint density at radius 2 is 1.54 bits per heavy atom. The van der Waals surface area contributed by atoms with E-state index >= 15 is 0 Å². The highest BCUT2D eigenvalue weighted by Crippen LogP contribution is 2.28. The van der Waals surface area contributed by atoms with Gasteiger partial charge in [-0.3, -0.25) is 14.4 Å². The Morgan fingerprint density at radius 3 is 2.26 bits per heavy atom. The molecule has 0 unspecified atom stereocenters. The summed E-state index contributed by atoms with van der Waals surface area (Å²) in [7, 11) is 4.85. The number of likely N-dealkylation sites (N-methyl/N-ethyl adjacent to an activating group) is 3. The molecule has 3 amide bonds. The predicted molar refractivity (Wildman–Crippen MR) is 157 cm³/mol. The van der Waals surface area contributed by atoms with E-state index in [9.17, 15) is 14.4 Å². The molecule has 8 heteroatoms. The molecule has 0 fully saturated rings. The van der Waals surface area contributed by atoms with Crippen molar-refractivity contribution in [3.63, 3.8) is 0 Å². The van der Waals surface area contributed by atoms with Crippen LogP contribution in [0.3, 0.4) is 0 Å². The number of benzene rings is 3. The molecule has 7 nitrogen and oxygen atoms in total. The standard InChI is InChI=1S/C31H34N4O3S/c1-33-29(36)26(17-21-10-5-4-6-11-21)34(2)31(38)27(18-24-20-39-28-15-8-7-14-25(24)28)35(3)30(37)23-13-9-12-22(16-23)19-32/h4-16,20,26-27H,17-19,32H2,1-3H3,(H,33,36)/t26-,27-/m1/s1. The molecule has 4 rings (SSSR count). The summed E-state index contributed by atoms with van der Waals surface area (Å²) in [6, 6.07) is 23.2. The third-order valence-electron chi connectivity index (χ3n) is 7.09. The quantitative estimate of drug-likeness (QED) is 0.318. The summed E-state index contributed by atoms with van der Waals surface area (Å²) in [6.45, 7) is 0.310. The van der Waals surface area contributed by atoms with Crippen LogP contribution in [-0.4, -0.2) is 60.7 Å². The summed E-state index contributed by atoms with van der Waals surface area (Å²) in [5.41, 5.74) is 9.02. The lowest BCUT2D eigenvalue weighted by atomic mass is 9.99. The van der Waals surface area contributed by atoms with Gasteiger partial charge in [-0.1, -0.05) is 60.7 Å². The third kappa shape index (κ3) is 6.35. The van der Waals surface area contributed by atoms with Crippen LogP contribution in [0.4, 0.5) is 0 Å². The average molecular weight is 543 g/mol. The van der Waals surface area contributed by atoms with Crippen LogP contribution in [0.15, 0.2) is 84.2 Å². The lowest BCUT2D eigenvalue weighted by Crippen LogP contribution is -2.55. The molecule has 1 heterocycles. The molecule has 0 aliphatic rings. The Labute approximate surface area is 233 Å². The molecule has 0 aliphatic carbocycles. The number of rotatable bonds is 10. The minimum absolute atomic E-state index is 0.265. The van der Waals surface area contributed by atoms with E-state index in [1.165, 1.54) is 9.80 Å². The Kier molecular flexibility index (Phi) is 9.11. The largest absolute Gasteiger partial charge is 0.357 e. The van der Waals surface area contributed by atoms with Gasteiger partial charge in [0.1, 0.15) is 12.1 Å². The van der Waals surface area contributed by atoms with Crippen LogP contribution in [0.2, 0.25) is 0 Å². The predicted octanol–water partition coefficient (Wildman–Crippen LogP) is 3.86. The van der Waals surface area contributed by atoms with Gasteiger partial charge < -0.3 is 20.9 Å². The SMILES string of the molecule is CNC(=O)[C@@H](Cc1ccccc1)N(C)C(=O)[C@@H](Cc1csc2ccccc12)N(C)C(=O)c1cccc(CN)c1. The highest BCUT2D eigenvalue weighted by atomic mass is 32.1. The minimum Gasteiger partial charge on any atom is -0.357 e. The van der Waals surface area contributed by atoms with Crippen molar-refractivity contribution in [3.8, 4) is 0 Å². The molecule has 1 aromatic heterocycles. The van der Waals surface area contributed by atoms with Crippen LogP contribution in [0.25, 0.3) is 10.1 Å². The number of amides is 3. The van der Waals surface area contributed by atoms with E-state index in [1.807, 2.05) is 66.0 Å². The van der Waals surface area contributed by atoms with E-state index in [4.69, 9.17) is 5.73 Å². The number of carbonyl (C=O) groups excluding carboxylic acids is 3. The fourth-order valence-corrected chi connectivity index (χ4v) is 5.74. The van der Waals surface area contributed by atoms with E-state index < -0.39 is 12.1 Å². The zero-order chi connectivity index (χ0) is 27.9. The maximum Gasteiger partial charge on any atom is 0.254 e. The van der Waals surface area contributed by atoms with Crippen molar-refractivity contribution in [3.05, 3.63) is 106 Å². The van der Waals surface area contributed by atoms with Gasteiger partial charge in [-0.05, 0) is 45.7 Å². The van der Waals surface area contributed by atoms with Gasteiger partial charge in [0, 0.05) is 50.8 Å². The molecule has 0 spiro atoms. The summed E-state index contributed by atoms with van der Waals surface area (Å²) in [4.78, 5) is 43.8. The second-order valence-electron chi connectivity index (χ2n) is 9.57. The molecule has 39 heavy (non-hydrogen) atoms. The summed E-state index contributed by atoms with van der Waals surface area (Å²) >= 11 is 1.61. The Hall–Kier alpha value is -4.01. The molecule has 2 atom stereocenters. The number of thiophene rings is 1. The number of nitrogens with one attached hydrogen (secondary N) is 1. The van der Waals surface area contributed by atoms with Gasteiger partial charge in [0.15, 0.2) is 0 Å². The molecule has 0 saturated carbocycles. The van der Waals surface area contributed by atoms with Gasteiger partial charge in [-0.15, -0.1) is 11.3 Å². The molecule has 3 aromatic carbocycles. The van der Waals surface area contributed by atoms with Gasteiger partial charge in [0.25, 0.3) is 5.91 Å². The lowest BCUT2D eigenvalue weighted by Gasteiger charge is -2.34. The zero-order valence-electron chi connectivity index (χ0n) is 22.5. The first-order chi connectivity index (χ1) is 18.8. The van der Waals surface area contributed by atoms with Crippen LogP contribution < -0.4 is 11.1 Å². The van der Waals surface area contributed by atoms with E-state index in [0.29, 0.717) is 24.9 Å². The maximum absolute atomic E-state index is 14.2. The highest BCUT2D eigenvalue weighted by molar-refractivity contribution is 7.17. The van der Waals surface area contributed by atoms with Gasteiger partial charge in [-0.25, -0.2) is 0 Å². The van der Waals surface area contributed by atoms with Crippen LogP contribution in [-0.2, 0) is 29.0 Å². The smallest absolute Gasteiger partial charge is 0.254 e. The first-order valence-corrected chi connectivity index (χ1v) is 13.8. The minimum atomic E-state index is -0.829. The normalized spacial score (nSPS) is 12.5. The summed E-state index contributed by atoms with van der Waals surface area (Å²) in [5.74, 6) is -0.851. The number of hydrogen-bond acceptors (Lipinski definition) is 5. The second kappa shape index (κ2) is 12.7. The van der Waals surface area contributed by atoms with Gasteiger partial charge in [0.2, 0.25) is 11.8 Å². The van der Waals surface area contributed by atoms with E-state index in [1.54, 1.807) is 50.7 Å². The number of fused-ring (bicyclic) bond motifs is 1. The van der Waals surface area contributed by atoms with Crippen LogP contribution >= 0.6 is 11.3 Å². The first-order valence-electron chi connectivity index (χ1n) is 12.9. The van der Waals surface area contributed by atoms with Crippen molar-refractivity contribution in [2.45, 2.75) is 31.5 Å². The van der Waals surface area contributed by atoms with Crippen molar-refractivity contribution < 1.29 is 14.4 Å². The molecule has 4 aromatic rings. The van der Waals surface area contributed by atoms with Crippen molar-refractivity contribution in [2.24, 2.45) is 5.73 Å². The Morgan fingerprint density at radius 1 is 0.846 bits per heavy atom. The van der Waals surface area contributed by atoms with Crippen molar-refractivity contribution in [1.29, 1.82) is 0 Å². The third-order valence-corrected chi connectivity index (χ3v) is 8.11. The molecule has 0 bridgehead atoms. The first kappa shape index (κ1) is 28.0. The number of nitrogens with two attached hydrogens (primary N) is 1. The zero-order valence-corrected chi connectivity index (χ0v) is 23.3. The average Bonchev–Trinajstić information content (AvgIpc) is 3.40. The van der Waals surface area contributed by atoms with Crippen molar-refractivity contribution >= 4 is 39.1 Å². The summed E-state index contributed by atoms with van der Waals surface area (Å²) in [6.07, 6.45) is 0.671. The second-order valence-corrected chi connectivity index (χ2v) is 10.5. The lowest BCUT2D eigenvalue weighted by molar-refractivity contribution is -0.142. The van der Waals surface area contributed by atoms with E-state index in [0.717, 1.165) is 26.8 Å². The van der Waals surface area contributed by atoms with E-state index in [-0.39, 0.29) is 17.7 Å². The Balaban J connectivity index is 1.69. The topological polar surface area (TPSA) is 95.7 Å². The Bertz CT molecular complexity index is 1450.